The predicted molar refractivity (Wildman–Crippen MR) is 74.9 cm³/mol. The fourth-order valence-electron chi connectivity index (χ4n) is 1.99. The summed E-state index contributed by atoms with van der Waals surface area (Å²) in [5.41, 5.74) is 1.09. The molecule has 2 heterocycles. The van der Waals surface area contributed by atoms with Crippen LogP contribution in [0.2, 0.25) is 0 Å². The van der Waals surface area contributed by atoms with Crippen LogP contribution in [0.1, 0.15) is 10.4 Å². The number of hydrogen-bond acceptors (Lipinski definition) is 4. The van der Waals surface area contributed by atoms with E-state index in [1.54, 1.807) is 30.3 Å². The molecule has 0 amide bonds. The highest BCUT2D eigenvalue weighted by molar-refractivity contribution is 7.93. The Morgan fingerprint density at radius 1 is 1.21 bits per heavy atom. The van der Waals surface area contributed by atoms with Gasteiger partial charge < -0.3 is 4.74 Å². The van der Waals surface area contributed by atoms with E-state index < -0.39 is 10.0 Å². The zero-order valence-electron chi connectivity index (χ0n) is 10.1. The maximum Gasteiger partial charge on any atom is 0.262 e. The summed E-state index contributed by atoms with van der Waals surface area (Å²) in [6.07, 6.45) is 0.854. The molecule has 1 N–H and O–H groups in total. The summed E-state index contributed by atoms with van der Waals surface area (Å²) in [5, 5.41) is 0.652. The Morgan fingerprint density at radius 2 is 2.00 bits per heavy atom. The van der Waals surface area contributed by atoms with E-state index in [4.69, 9.17) is 4.74 Å². The number of rotatable bonds is 3. The van der Waals surface area contributed by atoms with Gasteiger partial charge >= 0.3 is 0 Å². The van der Waals surface area contributed by atoms with E-state index in [2.05, 4.69) is 4.72 Å². The van der Waals surface area contributed by atoms with E-state index in [9.17, 15) is 8.42 Å². The summed E-state index contributed by atoms with van der Waals surface area (Å²) >= 11 is 1.49. The van der Waals surface area contributed by atoms with Crippen molar-refractivity contribution >= 4 is 26.4 Å². The first-order valence-electron chi connectivity index (χ1n) is 5.92. The van der Waals surface area contributed by atoms with E-state index in [0.717, 1.165) is 12.0 Å². The molecule has 0 unspecified atom stereocenters. The number of sulfonamides is 1. The normalized spacial score (nSPS) is 14.9. The van der Waals surface area contributed by atoms with Crippen LogP contribution in [0, 0.1) is 0 Å². The van der Waals surface area contributed by atoms with E-state index in [0.29, 0.717) is 18.2 Å². The molecule has 1 aromatic heterocycles. The van der Waals surface area contributed by atoms with Crippen molar-refractivity contribution in [3.05, 3.63) is 46.8 Å². The first-order chi connectivity index (χ1) is 9.15. The Labute approximate surface area is 116 Å². The van der Waals surface area contributed by atoms with Crippen LogP contribution in [-0.2, 0) is 27.8 Å². The van der Waals surface area contributed by atoms with E-state index in [1.165, 1.54) is 16.2 Å². The van der Waals surface area contributed by atoms with E-state index >= 15 is 0 Å². The molecule has 4 nitrogen and oxygen atoms in total. The Hall–Kier alpha value is -1.37. The number of ether oxygens (including phenoxy) is 1. The fraction of sp³-hybridized carbons (Fsp3) is 0.231. The molecule has 1 aliphatic heterocycles. The van der Waals surface area contributed by atoms with Crippen LogP contribution >= 0.6 is 11.3 Å². The van der Waals surface area contributed by atoms with Crippen LogP contribution in [-0.4, -0.2) is 15.0 Å². The minimum atomic E-state index is -3.49. The first kappa shape index (κ1) is 12.7. The van der Waals surface area contributed by atoms with Gasteiger partial charge in [-0.25, -0.2) is 8.42 Å². The van der Waals surface area contributed by atoms with Gasteiger partial charge in [-0.05, 0) is 23.8 Å². The second kappa shape index (κ2) is 4.96. The topological polar surface area (TPSA) is 55.4 Å². The third-order valence-corrected chi connectivity index (χ3v) is 5.58. The molecule has 0 fully saturated rings. The lowest BCUT2D eigenvalue weighted by Crippen LogP contribution is -2.11. The van der Waals surface area contributed by atoms with Crippen molar-refractivity contribution in [1.82, 2.24) is 0 Å². The molecule has 0 spiro atoms. The summed E-state index contributed by atoms with van der Waals surface area (Å²) < 4.78 is 32.3. The first-order valence-corrected chi connectivity index (χ1v) is 8.22. The summed E-state index contributed by atoms with van der Waals surface area (Å²) in [6.45, 7) is 1.28. The SMILES string of the molecule is O=S(=O)(Nc1cc2c(s1)CCOC2)c1ccccc1. The van der Waals surface area contributed by atoms with E-state index in [-0.39, 0.29) is 4.90 Å². The highest BCUT2D eigenvalue weighted by atomic mass is 32.2. The molecule has 2 aromatic rings. The Kier molecular flexibility index (Phi) is 3.30. The van der Waals surface area contributed by atoms with Crippen LogP contribution in [0.3, 0.4) is 0 Å². The highest BCUT2D eigenvalue weighted by Crippen LogP contribution is 2.32. The number of hydrogen-bond donors (Lipinski definition) is 1. The second-order valence-corrected chi connectivity index (χ2v) is 7.10. The third-order valence-electron chi connectivity index (χ3n) is 2.92. The smallest absolute Gasteiger partial charge is 0.262 e. The second-order valence-electron chi connectivity index (χ2n) is 4.28. The molecule has 100 valence electrons. The molecule has 0 radical (unpaired) electrons. The quantitative estimate of drug-likeness (QED) is 0.947. The summed E-state index contributed by atoms with van der Waals surface area (Å²) in [5.74, 6) is 0. The maximum absolute atomic E-state index is 12.2. The largest absolute Gasteiger partial charge is 0.376 e. The van der Waals surface area contributed by atoms with Gasteiger partial charge in [0.25, 0.3) is 10.0 Å². The maximum atomic E-state index is 12.2. The number of nitrogens with one attached hydrogen (secondary N) is 1. The zero-order chi connectivity index (χ0) is 13.3. The van der Waals surface area contributed by atoms with Gasteiger partial charge in [-0.15, -0.1) is 11.3 Å². The molecule has 1 aromatic carbocycles. The Balaban J connectivity index is 1.87. The van der Waals surface area contributed by atoms with Crippen molar-refractivity contribution in [3.8, 4) is 0 Å². The molecule has 0 bridgehead atoms. The minimum Gasteiger partial charge on any atom is -0.376 e. The number of thiophene rings is 1. The molecular weight excluding hydrogens is 282 g/mol. The molecule has 1 aliphatic rings. The van der Waals surface area contributed by atoms with Gasteiger partial charge in [-0.2, -0.15) is 0 Å². The fourth-order valence-corrected chi connectivity index (χ4v) is 4.34. The molecule has 19 heavy (non-hydrogen) atoms. The summed E-state index contributed by atoms with van der Waals surface area (Å²) in [6, 6.07) is 10.2. The van der Waals surface area contributed by atoms with Crippen LogP contribution in [0.15, 0.2) is 41.3 Å². The molecular formula is C13H13NO3S2. The van der Waals surface area contributed by atoms with Gasteiger partial charge in [0, 0.05) is 11.3 Å². The molecule has 6 heteroatoms. The van der Waals surface area contributed by atoms with Gasteiger partial charge in [0.15, 0.2) is 0 Å². The van der Waals surface area contributed by atoms with Crippen molar-refractivity contribution in [2.75, 3.05) is 11.3 Å². The van der Waals surface area contributed by atoms with Gasteiger partial charge in [0.2, 0.25) is 0 Å². The average Bonchev–Trinajstić information content (AvgIpc) is 2.81. The van der Waals surface area contributed by atoms with Crippen molar-refractivity contribution in [2.24, 2.45) is 0 Å². The van der Waals surface area contributed by atoms with Crippen molar-refractivity contribution in [3.63, 3.8) is 0 Å². The van der Waals surface area contributed by atoms with Gasteiger partial charge in [0.1, 0.15) is 5.00 Å². The monoisotopic (exact) mass is 295 g/mol. The lowest BCUT2D eigenvalue weighted by molar-refractivity contribution is 0.112. The molecule has 0 aliphatic carbocycles. The standard InChI is InChI=1S/C13H13NO3S2/c15-19(16,11-4-2-1-3-5-11)14-13-8-10-9-17-7-6-12(10)18-13/h1-5,8,14H,6-7,9H2. The zero-order valence-corrected chi connectivity index (χ0v) is 11.8. The highest BCUT2D eigenvalue weighted by Gasteiger charge is 2.18. The van der Waals surface area contributed by atoms with Gasteiger partial charge in [-0.3, -0.25) is 4.72 Å². The molecule has 0 saturated carbocycles. The lowest BCUT2D eigenvalue weighted by Gasteiger charge is -2.10. The van der Waals surface area contributed by atoms with Crippen LogP contribution < -0.4 is 4.72 Å². The van der Waals surface area contributed by atoms with Gasteiger partial charge in [0.05, 0.1) is 18.1 Å². The minimum absolute atomic E-state index is 0.276. The summed E-state index contributed by atoms with van der Waals surface area (Å²) in [7, 11) is -3.49. The number of fused-ring (bicyclic) bond motifs is 1. The Morgan fingerprint density at radius 3 is 2.74 bits per heavy atom. The predicted octanol–water partition coefficient (Wildman–Crippen LogP) is 2.62. The van der Waals surface area contributed by atoms with Crippen molar-refractivity contribution < 1.29 is 13.2 Å². The van der Waals surface area contributed by atoms with E-state index in [1.807, 2.05) is 6.07 Å². The van der Waals surface area contributed by atoms with Gasteiger partial charge in [-0.1, -0.05) is 18.2 Å². The number of benzene rings is 1. The third kappa shape index (κ3) is 2.65. The summed E-state index contributed by atoms with van der Waals surface area (Å²) in [4.78, 5) is 1.48. The number of anilines is 1. The Bertz CT molecular complexity index is 654. The molecule has 0 atom stereocenters. The average molecular weight is 295 g/mol. The molecule has 3 rings (SSSR count). The molecule has 0 saturated heterocycles. The van der Waals surface area contributed by atoms with Crippen LogP contribution in [0.4, 0.5) is 5.00 Å². The van der Waals surface area contributed by atoms with Crippen LogP contribution in [0.5, 0.6) is 0 Å². The van der Waals surface area contributed by atoms with Crippen molar-refractivity contribution in [1.29, 1.82) is 0 Å². The van der Waals surface area contributed by atoms with Crippen LogP contribution in [0.25, 0.3) is 0 Å². The van der Waals surface area contributed by atoms with Crippen molar-refractivity contribution in [2.45, 2.75) is 17.9 Å². The lowest BCUT2D eigenvalue weighted by atomic mass is 10.2.